The third-order valence-electron chi connectivity index (χ3n) is 4.57. The highest BCUT2D eigenvalue weighted by Crippen LogP contribution is 2.24. The molecule has 0 saturated heterocycles. The van der Waals surface area contributed by atoms with Crippen molar-refractivity contribution in [2.75, 3.05) is 11.1 Å². The molecule has 0 spiro atoms. The molecule has 2 aromatic carbocycles. The average molecular weight is 483 g/mol. The SMILES string of the molecule is Cc1cccc(-n2c(Cc3cc(=O)[nH]c(=O)[nH]3)nnc2SCC(=O)Nc2cccc(Cl)c2)c1. The highest BCUT2D eigenvalue weighted by Gasteiger charge is 2.17. The van der Waals surface area contributed by atoms with E-state index in [9.17, 15) is 14.4 Å². The van der Waals surface area contributed by atoms with Gasteiger partial charge in [-0.15, -0.1) is 10.2 Å². The number of anilines is 1. The van der Waals surface area contributed by atoms with Crippen LogP contribution in [-0.2, 0) is 11.2 Å². The Morgan fingerprint density at radius 2 is 1.91 bits per heavy atom. The van der Waals surface area contributed by atoms with E-state index in [4.69, 9.17) is 11.6 Å². The smallest absolute Gasteiger partial charge is 0.325 e. The lowest BCUT2D eigenvalue weighted by atomic mass is 10.2. The lowest BCUT2D eigenvalue weighted by Gasteiger charge is -2.11. The van der Waals surface area contributed by atoms with Crippen LogP contribution in [0.2, 0.25) is 5.02 Å². The third kappa shape index (κ3) is 5.79. The molecule has 11 heteroatoms. The van der Waals surface area contributed by atoms with Gasteiger partial charge >= 0.3 is 5.69 Å². The largest absolute Gasteiger partial charge is 0.325 e. The van der Waals surface area contributed by atoms with Gasteiger partial charge < -0.3 is 10.3 Å². The number of hydrogen-bond acceptors (Lipinski definition) is 6. The Balaban J connectivity index is 1.60. The second-order valence-electron chi connectivity index (χ2n) is 7.21. The first-order chi connectivity index (χ1) is 15.9. The fraction of sp³-hybridized carbons (Fsp3) is 0.136. The molecule has 0 unspecified atom stereocenters. The van der Waals surface area contributed by atoms with E-state index < -0.39 is 11.2 Å². The average Bonchev–Trinajstić information content (AvgIpc) is 3.14. The summed E-state index contributed by atoms with van der Waals surface area (Å²) in [6.45, 7) is 1.97. The summed E-state index contributed by atoms with van der Waals surface area (Å²) in [6.07, 6.45) is 0.176. The van der Waals surface area contributed by atoms with Gasteiger partial charge in [0.2, 0.25) is 5.91 Å². The van der Waals surface area contributed by atoms with Gasteiger partial charge in [-0.25, -0.2) is 4.79 Å². The van der Waals surface area contributed by atoms with Crippen molar-refractivity contribution in [1.29, 1.82) is 0 Å². The second-order valence-corrected chi connectivity index (χ2v) is 8.59. The number of rotatable bonds is 7. The fourth-order valence-electron chi connectivity index (χ4n) is 3.21. The summed E-state index contributed by atoms with van der Waals surface area (Å²) in [5, 5.41) is 12.3. The van der Waals surface area contributed by atoms with E-state index in [1.54, 1.807) is 24.3 Å². The molecule has 0 radical (unpaired) electrons. The molecule has 0 atom stereocenters. The van der Waals surface area contributed by atoms with Crippen LogP contribution in [0.4, 0.5) is 5.69 Å². The van der Waals surface area contributed by atoms with Crippen LogP contribution in [0, 0.1) is 6.92 Å². The van der Waals surface area contributed by atoms with E-state index in [1.807, 2.05) is 35.8 Å². The molecule has 4 rings (SSSR count). The van der Waals surface area contributed by atoms with Crippen LogP contribution in [0.5, 0.6) is 0 Å². The van der Waals surface area contributed by atoms with Gasteiger partial charge in [0, 0.05) is 34.6 Å². The minimum atomic E-state index is -0.591. The number of nitrogens with zero attached hydrogens (tertiary/aromatic N) is 3. The summed E-state index contributed by atoms with van der Waals surface area (Å²) < 4.78 is 1.81. The standard InChI is InChI=1S/C22H19ClN6O3S/c1-13-4-2-7-17(8-13)29-18(10-16-11-19(30)26-21(32)25-16)27-28-22(29)33-12-20(31)24-15-6-3-5-14(23)9-15/h2-9,11H,10,12H2,1H3,(H,24,31)(H2,25,26,30,32). The van der Waals surface area contributed by atoms with E-state index in [-0.39, 0.29) is 18.1 Å². The molecule has 2 aromatic heterocycles. The van der Waals surface area contributed by atoms with Crippen LogP contribution in [-0.4, -0.2) is 36.4 Å². The Hall–Kier alpha value is -3.63. The summed E-state index contributed by atoms with van der Waals surface area (Å²) in [7, 11) is 0. The van der Waals surface area contributed by atoms with Gasteiger partial charge in [-0.1, -0.05) is 41.6 Å². The van der Waals surface area contributed by atoms with Crippen molar-refractivity contribution in [2.24, 2.45) is 0 Å². The van der Waals surface area contributed by atoms with E-state index in [0.29, 0.717) is 27.4 Å². The molecule has 4 aromatic rings. The Morgan fingerprint density at radius 1 is 1.09 bits per heavy atom. The molecular weight excluding hydrogens is 464 g/mol. The number of benzene rings is 2. The molecule has 1 amide bonds. The molecule has 33 heavy (non-hydrogen) atoms. The second kappa shape index (κ2) is 9.88. The minimum Gasteiger partial charge on any atom is -0.325 e. The number of aromatic nitrogens is 5. The van der Waals surface area contributed by atoms with Gasteiger partial charge in [-0.05, 0) is 42.8 Å². The highest BCUT2D eigenvalue weighted by atomic mass is 35.5. The van der Waals surface area contributed by atoms with Gasteiger partial charge in [0.15, 0.2) is 5.16 Å². The Bertz CT molecular complexity index is 1400. The summed E-state index contributed by atoms with van der Waals surface area (Å²) in [5.74, 6) is 0.388. The number of halogens is 1. The van der Waals surface area contributed by atoms with Gasteiger partial charge in [0.25, 0.3) is 5.56 Å². The Kier molecular flexibility index (Phi) is 6.76. The van der Waals surface area contributed by atoms with Crippen molar-refractivity contribution in [2.45, 2.75) is 18.5 Å². The molecule has 0 aliphatic rings. The first-order valence-corrected chi connectivity index (χ1v) is 11.3. The zero-order valence-corrected chi connectivity index (χ0v) is 19.0. The number of aryl methyl sites for hydroxylation is 1. The molecule has 0 fully saturated rings. The summed E-state index contributed by atoms with van der Waals surface area (Å²) in [6, 6.07) is 15.9. The zero-order valence-electron chi connectivity index (χ0n) is 17.5. The molecule has 0 aliphatic carbocycles. The van der Waals surface area contributed by atoms with Gasteiger partial charge in [0.1, 0.15) is 5.82 Å². The van der Waals surface area contributed by atoms with Crippen LogP contribution < -0.4 is 16.6 Å². The van der Waals surface area contributed by atoms with Crippen molar-refractivity contribution in [3.63, 3.8) is 0 Å². The molecule has 0 bridgehead atoms. The molecule has 3 N–H and O–H groups in total. The first-order valence-electron chi connectivity index (χ1n) is 9.89. The van der Waals surface area contributed by atoms with Crippen LogP contribution in [0.3, 0.4) is 0 Å². The maximum atomic E-state index is 12.5. The number of amides is 1. The summed E-state index contributed by atoms with van der Waals surface area (Å²) in [5.41, 5.74) is 1.76. The van der Waals surface area contributed by atoms with Crippen molar-refractivity contribution in [3.8, 4) is 5.69 Å². The number of carbonyl (C=O) groups excluding carboxylic acids is 1. The molecule has 9 nitrogen and oxygen atoms in total. The molecular formula is C22H19ClN6O3S. The topological polar surface area (TPSA) is 126 Å². The molecule has 168 valence electrons. The minimum absolute atomic E-state index is 0.0955. The van der Waals surface area contributed by atoms with E-state index >= 15 is 0 Å². The maximum Gasteiger partial charge on any atom is 0.325 e. The highest BCUT2D eigenvalue weighted by molar-refractivity contribution is 7.99. The monoisotopic (exact) mass is 482 g/mol. The van der Waals surface area contributed by atoms with Crippen molar-refractivity contribution in [3.05, 3.63) is 97.5 Å². The first kappa shape index (κ1) is 22.6. The van der Waals surface area contributed by atoms with Crippen molar-refractivity contribution in [1.82, 2.24) is 24.7 Å². The number of nitrogens with one attached hydrogen (secondary N) is 3. The van der Waals surface area contributed by atoms with E-state index in [1.165, 1.54) is 17.8 Å². The summed E-state index contributed by atoms with van der Waals surface area (Å²) >= 11 is 7.19. The van der Waals surface area contributed by atoms with E-state index in [2.05, 4.69) is 25.5 Å². The Morgan fingerprint density at radius 3 is 2.67 bits per heavy atom. The maximum absolute atomic E-state index is 12.5. The number of H-pyrrole nitrogens is 2. The number of thioether (sulfide) groups is 1. The quantitative estimate of drug-likeness (QED) is 0.348. The lowest BCUT2D eigenvalue weighted by molar-refractivity contribution is -0.113. The third-order valence-corrected chi connectivity index (χ3v) is 5.73. The fourth-order valence-corrected chi connectivity index (χ4v) is 4.17. The Labute approximate surface area is 197 Å². The van der Waals surface area contributed by atoms with Crippen molar-refractivity contribution < 1.29 is 4.79 Å². The van der Waals surface area contributed by atoms with Gasteiger partial charge in [-0.3, -0.25) is 19.1 Å². The van der Waals surface area contributed by atoms with Gasteiger partial charge in [-0.2, -0.15) is 0 Å². The number of hydrogen-bond donors (Lipinski definition) is 3. The zero-order chi connectivity index (χ0) is 23.4. The predicted octanol–water partition coefficient (Wildman–Crippen LogP) is 2.93. The predicted molar refractivity (Wildman–Crippen MR) is 127 cm³/mol. The van der Waals surface area contributed by atoms with Gasteiger partial charge in [0.05, 0.1) is 5.75 Å². The van der Waals surface area contributed by atoms with E-state index in [0.717, 1.165) is 11.3 Å². The lowest BCUT2D eigenvalue weighted by Crippen LogP contribution is -2.23. The van der Waals surface area contributed by atoms with Crippen LogP contribution in [0.15, 0.2) is 69.3 Å². The van der Waals surface area contributed by atoms with Crippen LogP contribution >= 0.6 is 23.4 Å². The molecule has 0 saturated carbocycles. The molecule has 0 aliphatic heterocycles. The van der Waals surface area contributed by atoms with Crippen LogP contribution in [0.1, 0.15) is 17.1 Å². The number of aromatic amines is 2. The van der Waals surface area contributed by atoms with Crippen molar-refractivity contribution >= 4 is 35.0 Å². The number of carbonyl (C=O) groups is 1. The summed E-state index contributed by atoms with van der Waals surface area (Å²) in [4.78, 5) is 40.5. The van der Waals surface area contributed by atoms with Crippen LogP contribution in [0.25, 0.3) is 5.69 Å². The normalized spacial score (nSPS) is 10.8. The molecule has 2 heterocycles.